The van der Waals surface area contributed by atoms with Crippen molar-refractivity contribution in [2.75, 3.05) is 6.54 Å². The Bertz CT molecular complexity index is 450. The zero-order valence-corrected chi connectivity index (χ0v) is 13.2. The first-order chi connectivity index (χ1) is 7.30. The van der Waals surface area contributed by atoms with Crippen LogP contribution in [0.3, 0.4) is 0 Å². The lowest BCUT2D eigenvalue weighted by molar-refractivity contribution is 0.370. The first-order valence-corrected chi connectivity index (χ1v) is 8.20. The van der Waals surface area contributed by atoms with Gasteiger partial charge in [0, 0.05) is 12.6 Å². The number of sulfonamides is 1. The van der Waals surface area contributed by atoms with Gasteiger partial charge >= 0.3 is 0 Å². The lowest BCUT2D eigenvalue weighted by atomic mass is 10.4. The third-order valence-corrected chi connectivity index (χ3v) is 7.15. The topological polar surface area (TPSA) is 37.4 Å². The molecule has 0 amide bonds. The predicted octanol–water partition coefficient (Wildman–Crippen LogP) is 3.58. The minimum absolute atomic E-state index is 0.0605. The molecule has 0 aliphatic rings. The highest BCUT2D eigenvalue weighted by Crippen LogP contribution is 2.36. The Balaban J connectivity index is 3.20. The maximum absolute atomic E-state index is 12.2. The Hall–Kier alpha value is 0.380. The maximum Gasteiger partial charge on any atom is 0.252 e. The SMILES string of the molecule is CCN(C(C)C)S(=O)(=O)c1cc(Cl)c(Br)s1. The van der Waals surface area contributed by atoms with E-state index in [1.165, 1.54) is 10.4 Å². The monoisotopic (exact) mass is 345 g/mol. The van der Waals surface area contributed by atoms with Gasteiger partial charge in [0.1, 0.15) is 4.21 Å². The van der Waals surface area contributed by atoms with Crippen molar-refractivity contribution >= 4 is 48.9 Å². The molecule has 0 radical (unpaired) electrons. The van der Waals surface area contributed by atoms with Crippen LogP contribution in [0.4, 0.5) is 0 Å². The van der Waals surface area contributed by atoms with E-state index in [4.69, 9.17) is 11.6 Å². The summed E-state index contributed by atoms with van der Waals surface area (Å²) in [4.78, 5) is 0. The van der Waals surface area contributed by atoms with Gasteiger partial charge in [-0.1, -0.05) is 18.5 Å². The van der Waals surface area contributed by atoms with Crippen molar-refractivity contribution in [3.63, 3.8) is 0 Å². The highest BCUT2D eigenvalue weighted by atomic mass is 79.9. The van der Waals surface area contributed by atoms with Crippen molar-refractivity contribution in [2.24, 2.45) is 0 Å². The van der Waals surface area contributed by atoms with Crippen LogP contribution in [0.2, 0.25) is 5.02 Å². The van der Waals surface area contributed by atoms with Crippen LogP contribution in [-0.4, -0.2) is 25.3 Å². The third-order valence-electron chi connectivity index (χ3n) is 2.07. The van der Waals surface area contributed by atoms with Gasteiger partial charge in [0.15, 0.2) is 0 Å². The highest BCUT2D eigenvalue weighted by molar-refractivity contribution is 9.11. The van der Waals surface area contributed by atoms with Crippen molar-refractivity contribution in [2.45, 2.75) is 31.0 Å². The molecular formula is C9H13BrClNO2S2. The lowest BCUT2D eigenvalue weighted by Gasteiger charge is -2.23. The molecule has 0 N–H and O–H groups in total. The van der Waals surface area contributed by atoms with Crippen LogP contribution >= 0.6 is 38.9 Å². The average molecular weight is 347 g/mol. The molecule has 0 aliphatic heterocycles. The normalized spacial score (nSPS) is 12.7. The van der Waals surface area contributed by atoms with Crippen LogP contribution < -0.4 is 0 Å². The fraction of sp³-hybridized carbons (Fsp3) is 0.556. The van der Waals surface area contributed by atoms with E-state index < -0.39 is 10.0 Å². The number of thiophene rings is 1. The second-order valence-electron chi connectivity index (χ2n) is 3.49. The molecule has 16 heavy (non-hydrogen) atoms. The Labute approximate surface area is 114 Å². The smallest absolute Gasteiger partial charge is 0.206 e. The van der Waals surface area contributed by atoms with Gasteiger partial charge in [-0.3, -0.25) is 0 Å². The van der Waals surface area contributed by atoms with Gasteiger partial charge in [-0.05, 0) is 35.8 Å². The summed E-state index contributed by atoms with van der Waals surface area (Å²) in [6.45, 7) is 5.98. The molecule has 0 unspecified atom stereocenters. The summed E-state index contributed by atoms with van der Waals surface area (Å²) in [7, 11) is -3.41. The Morgan fingerprint density at radius 3 is 2.44 bits per heavy atom. The van der Waals surface area contributed by atoms with Crippen molar-refractivity contribution in [1.29, 1.82) is 0 Å². The standard InChI is InChI=1S/C9H13BrClNO2S2/c1-4-12(6(2)3)16(13,14)8-5-7(11)9(10)15-8/h5-6H,4H2,1-3H3. The second kappa shape index (κ2) is 5.35. The van der Waals surface area contributed by atoms with Crippen LogP contribution in [-0.2, 0) is 10.0 Å². The number of halogens is 2. The maximum atomic E-state index is 12.2. The molecule has 7 heteroatoms. The van der Waals surface area contributed by atoms with Crippen LogP contribution in [0, 0.1) is 0 Å². The number of nitrogens with zero attached hydrogens (tertiary/aromatic N) is 1. The van der Waals surface area contributed by atoms with Gasteiger partial charge in [-0.15, -0.1) is 11.3 Å². The van der Waals surface area contributed by atoms with Crippen molar-refractivity contribution < 1.29 is 8.42 Å². The fourth-order valence-corrected chi connectivity index (χ4v) is 5.56. The summed E-state index contributed by atoms with van der Waals surface area (Å²) >= 11 is 10.2. The van der Waals surface area contributed by atoms with Crippen molar-refractivity contribution in [1.82, 2.24) is 4.31 Å². The average Bonchev–Trinajstić information content (AvgIpc) is 2.47. The minimum Gasteiger partial charge on any atom is -0.206 e. The Morgan fingerprint density at radius 2 is 2.12 bits per heavy atom. The largest absolute Gasteiger partial charge is 0.252 e. The number of hydrogen-bond acceptors (Lipinski definition) is 3. The van der Waals surface area contributed by atoms with Crippen LogP contribution in [0.5, 0.6) is 0 Å². The number of hydrogen-bond donors (Lipinski definition) is 0. The minimum atomic E-state index is -3.41. The molecule has 92 valence electrons. The zero-order chi connectivity index (χ0) is 12.5. The summed E-state index contributed by atoms with van der Waals surface area (Å²) in [6.07, 6.45) is 0. The van der Waals surface area contributed by atoms with Gasteiger partial charge in [0.2, 0.25) is 0 Å². The van der Waals surface area contributed by atoms with E-state index in [1.54, 1.807) is 0 Å². The quantitative estimate of drug-likeness (QED) is 0.835. The van der Waals surface area contributed by atoms with Gasteiger partial charge in [0.05, 0.1) is 8.81 Å². The molecule has 0 saturated heterocycles. The van der Waals surface area contributed by atoms with Crippen molar-refractivity contribution in [3.05, 3.63) is 14.9 Å². The summed E-state index contributed by atoms with van der Waals surface area (Å²) < 4.78 is 26.8. The lowest BCUT2D eigenvalue weighted by Crippen LogP contribution is -2.36. The molecular weight excluding hydrogens is 334 g/mol. The molecule has 0 aromatic carbocycles. The van der Waals surface area contributed by atoms with Crippen LogP contribution in [0.15, 0.2) is 14.1 Å². The van der Waals surface area contributed by atoms with Crippen molar-refractivity contribution in [3.8, 4) is 0 Å². The Kier molecular flexibility index (Phi) is 4.83. The van der Waals surface area contributed by atoms with E-state index in [0.717, 1.165) is 11.3 Å². The molecule has 1 aromatic rings. The van der Waals surface area contributed by atoms with E-state index in [2.05, 4.69) is 15.9 Å². The predicted molar refractivity (Wildman–Crippen MR) is 71.7 cm³/mol. The van der Waals surface area contributed by atoms with Gasteiger partial charge in [-0.25, -0.2) is 8.42 Å². The molecule has 1 aromatic heterocycles. The molecule has 0 saturated carbocycles. The van der Waals surface area contributed by atoms with Gasteiger partial charge in [-0.2, -0.15) is 4.31 Å². The summed E-state index contributed by atoms with van der Waals surface area (Å²) in [5, 5.41) is 0.434. The summed E-state index contributed by atoms with van der Waals surface area (Å²) in [6, 6.07) is 1.42. The van der Waals surface area contributed by atoms with Crippen LogP contribution in [0.25, 0.3) is 0 Å². The molecule has 0 spiro atoms. The van der Waals surface area contributed by atoms with E-state index >= 15 is 0 Å². The van der Waals surface area contributed by atoms with Gasteiger partial charge < -0.3 is 0 Å². The molecule has 1 heterocycles. The molecule has 0 aliphatic carbocycles. The molecule has 0 fully saturated rings. The summed E-state index contributed by atoms with van der Waals surface area (Å²) in [5.41, 5.74) is 0. The van der Waals surface area contributed by atoms with Crippen LogP contribution in [0.1, 0.15) is 20.8 Å². The molecule has 1 rings (SSSR count). The number of rotatable bonds is 4. The van der Waals surface area contributed by atoms with E-state index in [-0.39, 0.29) is 10.3 Å². The molecule has 3 nitrogen and oxygen atoms in total. The van der Waals surface area contributed by atoms with Gasteiger partial charge in [0.25, 0.3) is 10.0 Å². The fourth-order valence-electron chi connectivity index (χ4n) is 1.38. The molecule has 0 bridgehead atoms. The van der Waals surface area contributed by atoms with E-state index in [0.29, 0.717) is 15.4 Å². The summed E-state index contributed by atoms with van der Waals surface area (Å²) in [5.74, 6) is 0. The second-order valence-corrected chi connectivity index (χ2v) is 8.38. The van der Waals surface area contributed by atoms with E-state index in [1.807, 2.05) is 20.8 Å². The Morgan fingerprint density at radius 1 is 1.56 bits per heavy atom. The first-order valence-electron chi connectivity index (χ1n) is 4.77. The molecule has 0 atom stereocenters. The first kappa shape index (κ1) is 14.4. The van der Waals surface area contributed by atoms with E-state index in [9.17, 15) is 8.42 Å². The zero-order valence-electron chi connectivity index (χ0n) is 9.20. The third kappa shape index (κ3) is 2.79. The highest BCUT2D eigenvalue weighted by Gasteiger charge is 2.27.